The van der Waals surface area contributed by atoms with Crippen molar-refractivity contribution in [2.75, 3.05) is 0 Å². The SMILES string of the molecule is Cc1ccc(-c2cn3ccc(Br)cc3n2)cc1. The lowest BCUT2D eigenvalue weighted by molar-refractivity contribution is 1.18. The van der Waals surface area contributed by atoms with Crippen LogP contribution in [0.5, 0.6) is 0 Å². The van der Waals surface area contributed by atoms with E-state index in [-0.39, 0.29) is 0 Å². The first kappa shape index (κ1) is 10.5. The van der Waals surface area contributed by atoms with E-state index in [2.05, 4.69) is 52.1 Å². The summed E-state index contributed by atoms with van der Waals surface area (Å²) in [5, 5.41) is 0. The van der Waals surface area contributed by atoms with Crippen LogP contribution >= 0.6 is 15.9 Å². The van der Waals surface area contributed by atoms with Crippen molar-refractivity contribution in [2.45, 2.75) is 6.92 Å². The highest BCUT2D eigenvalue weighted by molar-refractivity contribution is 9.10. The van der Waals surface area contributed by atoms with E-state index in [1.165, 1.54) is 5.56 Å². The fraction of sp³-hybridized carbons (Fsp3) is 0.0714. The summed E-state index contributed by atoms with van der Waals surface area (Å²) in [6.45, 7) is 2.09. The van der Waals surface area contributed by atoms with Crippen molar-refractivity contribution in [2.24, 2.45) is 0 Å². The van der Waals surface area contributed by atoms with Gasteiger partial charge in [0.1, 0.15) is 5.65 Å². The van der Waals surface area contributed by atoms with Crippen LogP contribution < -0.4 is 0 Å². The zero-order valence-electron chi connectivity index (χ0n) is 9.39. The van der Waals surface area contributed by atoms with Crippen molar-refractivity contribution in [1.29, 1.82) is 0 Å². The summed E-state index contributed by atoms with van der Waals surface area (Å²) in [4.78, 5) is 4.61. The van der Waals surface area contributed by atoms with Gasteiger partial charge in [0.25, 0.3) is 0 Å². The fourth-order valence-corrected chi connectivity index (χ4v) is 2.14. The Bertz CT molecular complexity index is 668. The van der Waals surface area contributed by atoms with Crippen LogP contribution in [0.25, 0.3) is 16.9 Å². The monoisotopic (exact) mass is 286 g/mol. The first-order valence-corrected chi connectivity index (χ1v) is 6.23. The van der Waals surface area contributed by atoms with Gasteiger partial charge < -0.3 is 4.40 Å². The van der Waals surface area contributed by atoms with Crippen molar-refractivity contribution in [1.82, 2.24) is 9.38 Å². The lowest BCUT2D eigenvalue weighted by Gasteiger charge is -1.96. The smallest absolute Gasteiger partial charge is 0.138 e. The molecule has 0 fully saturated rings. The average Bonchev–Trinajstić information content (AvgIpc) is 2.72. The van der Waals surface area contributed by atoms with Crippen LogP contribution in [-0.4, -0.2) is 9.38 Å². The molecule has 0 amide bonds. The van der Waals surface area contributed by atoms with Crippen LogP contribution in [0, 0.1) is 6.92 Å². The number of imidazole rings is 1. The van der Waals surface area contributed by atoms with E-state index in [9.17, 15) is 0 Å². The zero-order valence-corrected chi connectivity index (χ0v) is 11.0. The molecule has 1 aromatic carbocycles. The summed E-state index contributed by atoms with van der Waals surface area (Å²) in [5.41, 5.74) is 4.37. The predicted octanol–water partition coefficient (Wildman–Crippen LogP) is 4.07. The van der Waals surface area contributed by atoms with Crippen LogP contribution in [0.15, 0.2) is 53.3 Å². The minimum absolute atomic E-state index is 0.954. The Balaban J connectivity index is 2.14. The maximum absolute atomic E-state index is 4.61. The van der Waals surface area contributed by atoms with E-state index < -0.39 is 0 Å². The molecule has 0 bridgehead atoms. The molecular weight excluding hydrogens is 276 g/mol. The third-order valence-electron chi connectivity index (χ3n) is 2.77. The van der Waals surface area contributed by atoms with Gasteiger partial charge >= 0.3 is 0 Å². The van der Waals surface area contributed by atoms with Gasteiger partial charge in [-0.25, -0.2) is 4.98 Å². The largest absolute Gasteiger partial charge is 0.306 e. The van der Waals surface area contributed by atoms with Gasteiger partial charge in [0.15, 0.2) is 0 Å². The summed E-state index contributed by atoms with van der Waals surface area (Å²) in [5.74, 6) is 0. The molecule has 2 heterocycles. The van der Waals surface area contributed by atoms with E-state index in [4.69, 9.17) is 0 Å². The standard InChI is InChI=1S/C14H11BrN2/c1-10-2-4-11(5-3-10)13-9-17-7-6-12(15)8-14(17)16-13/h2-9H,1H3. The van der Waals surface area contributed by atoms with Gasteiger partial charge in [-0.15, -0.1) is 0 Å². The highest BCUT2D eigenvalue weighted by Gasteiger charge is 2.04. The second-order valence-corrected chi connectivity index (χ2v) is 5.02. The molecule has 0 spiro atoms. The molecule has 2 nitrogen and oxygen atoms in total. The Morgan fingerprint density at radius 2 is 1.88 bits per heavy atom. The van der Waals surface area contributed by atoms with Gasteiger partial charge in [0.2, 0.25) is 0 Å². The van der Waals surface area contributed by atoms with Crippen molar-refractivity contribution >= 4 is 21.6 Å². The van der Waals surface area contributed by atoms with Gasteiger partial charge in [-0.3, -0.25) is 0 Å². The minimum Gasteiger partial charge on any atom is -0.306 e. The molecule has 17 heavy (non-hydrogen) atoms. The molecule has 3 heteroatoms. The molecule has 0 atom stereocenters. The fourth-order valence-electron chi connectivity index (χ4n) is 1.82. The van der Waals surface area contributed by atoms with Crippen LogP contribution in [0.1, 0.15) is 5.56 Å². The Kier molecular flexibility index (Phi) is 2.48. The minimum atomic E-state index is 0.954. The van der Waals surface area contributed by atoms with Crippen molar-refractivity contribution < 1.29 is 0 Å². The first-order chi connectivity index (χ1) is 8.22. The van der Waals surface area contributed by atoms with Gasteiger partial charge in [0, 0.05) is 22.4 Å². The summed E-state index contributed by atoms with van der Waals surface area (Å²) in [6, 6.07) is 12.4. The van der Waals surface area contributed by atoms with Crippen molar-refractivity contribution in [3.8, 4) is 11.3 Å². The molecule has 0 saturated carbocycles. The summed E-state index contributed by atoms with van der Waals surface area (Å²) in [7, 11) is 0. The van der Waals surface area contributed by atoms with E-state index >= 15 is 0 Å². The number of aromatic nitrogens is 2. The number of aryl methyl sites for hydroxylation is 1. The number of pyridine rings is 1. The van der Waals surface area contributed by atoms with Gasteiger partial charge in [0.05, 0.1) is 5.69 Å². The molecule has 0 aliphatic carbocycles. The molecular formula is C14H11BrN2. The van der Waals surface area contributed by atoms with Crippen molar-refractivity contribution in [3.63, 3.8) is 0 Å². The van der Waals surface area contributed by atoms with E-state index in [1.807, 2.05) is 28.9 Å². The maximum Gasteiger partial charge on any atom is 0.138 e. The lowest BCUT2D eigenvalue weighted by Crippen LogP contribution is -1.79. The normalized spacial score (nSPS) is 10.9. The second-order valence-electron chi connectivity index (χ2n) is 4.10. The Morgan fingerprint density at radius 3 is 2.65 bits per heavy atom. The molecule has 0 aliphatic heterocycles. The van der Waals surface area contributed by atoms with Gasteiger partial charge in [-0.05, 0) is 19.1 Å². The summed E-state index contributed by atoms with van der Waals surface area (Å²) in [6.07, 6.45) is 4.05. The first-order valence-electron chi connectivity index (χ1n) is 5.44. The third kappa shape index (κ3) is 1.98. The number of hydrogen-bond donors (Lipinski definition) is 0. The molecule has 3 aromatic rings. The Morgan fingerprint density at radius 1 is 1.12 bits per heavy atom. The van der Waals surface area contributed by atoms with Crippen LogP contribution in [0.4, 0.5) is 0 Å². The zero-order chi connectivity index (χ0) is 11.8. The lowest BCUT2D eigenvalue weighted by atomic mass is 10.1. The quantitative estimate of drug-likeness (QED) is 0.659. The number of fused-ring (bicyclic) bond motifs is 1. The van der Waals surface area contributed by atoms with Crippen molar-refractivity contribution in [3.05, 3.63) is 58.8 Å². The Labute approximate surface area is 108 Å². The van der Waals surface area contributed by atoms with Crippen LogP contribution in [0.2, 0.25) is 0 Å². The molecule has 2 aromatic heterocycles. The Hall–Kier alpha value is -1.61. The number of rotatable bonds is 1. The molecule has 0 aliphatic rings. The highest BCUT2D eigenvalue weighted by Crippen LogP contribution is 2.21. The predicted molar refractivity (Wildman–Crippen MR) is 73.1 cm³/mol. The van der Waals surface area contributed by atoms with Crippen LogP contribution in [0.3, 0.4) is 0 Å². The average molecular weight is 287 g/mol. The number of hydrogen-bond acceptors (Lipinski definition) is 1. The van der Waals surface area contributed by atoms with E-state index in [1.54, 1.807) is 0 Å². The molecule has 0 unspecified atom stereocenters. The summed E-state index contributed by atoms with van der Waals surface area (Å²) < 4.78 is 3.08. The second kappa shape index (κ2) is 4.00. The summed E-state index contributed by atoms with van der Waals surface area (Å²) >= 11 is 3.45. The topological polar surface area (TPSA) is 17.3 Å². The molecule has 84 valence electrons. The third-order valence-corrected chi connectivity index (χ3v) is 3.26. The number of benzene rings is 1. The van der Waals surface area contributed by atoms with Gasteiger partial charge in [-0.1, -0.05) is 45.8 Å². The van der Waals surface area contributed by atoms with Crippen LogP contribution in [-0.2, 0) is 0 Å². The number of nitrogens with zero attached hydrogens (tertiary/aromatic N) is 2. The highest BCUT2D eigenvalue weighted by atomic mass is 79.9. The van der Waals surface area contributed by atoms with Gasteiger partial charge in [-0.2, -0.15) is 0 Å². The van der Waals surface area contributed by atoms with E-state index in [0.717, 1.165) is 21.4 Å². The van der Waals surface area contributed by atoms with E-state index in [0.29, 0.717) is 0 Å². The molecule has 3 rings (SSSR count). The molecule has 0 N–H and O–H groups in total. The maximum atomic E-state index is 4.61. The molecule has 0 saturated heterocycles. The molecule has 0 radical (unpaired) electrons. The number of halogens is 1.